The predicted molar refractivity (Wildman–Crippen MR) is 65.7 cm³/mol. The zero-order chi connectivity index (χ0) is 12.0. The number of aromatic nitrogens is 2. The van der Waals surface area contributed by atoms with E-state index in [1.165, 1.54) is 6.33 Å². The molecule has 0 saturated heterocycles. The van der Waals surface area contributed by atoms with Crippen molar-refractivity contribution < 1.29 is 4.74 Å². The molecule has 1 atom stereocenters. The lowest BCUT2D eigenvalue weighted by Crippen LogP contribution is -2.22. The summed E-state index contributed by atoms with van der Waals surface area (Å²) in [5.41, 5.74) is 0. The third-order valence-corrected chi connectivity index (χ3v) is 2.47. The van der Waals surface area contributed by atoms with Crippen LogP contribution in [-0.2, 0) is 0 Å². The largest absolute Gasteiger partial charge is 0.478 e. The van der Waals surface area contributed by atoms with Crippen LogP contribution in [0.15, 0.2) is 12.4 Å². The first-order chi connectivity index (χ1) is 7.63. The Morgan fingerprint density at radius 2 is 2.06 bits per heavy atom. The van der Waals surface area contributed by atoms with E-state index in [-0.39, 0.29) is 0 Å². The first-order valence-electron chi connectivity index (χ1n) is 5.84. The van der Waals surface area contributed by atoms with Gasteiger partial charge in [0.15, 0.2) is 0 Å². The summed E-state index contributed by atoms with van der Waals surface area (Å²) in [6.45, 7) is 9.25. The van der Waals surface area contributed by atoms with Crippen LogP contribution in [0.2, 0.25) is 0 Å². The molecular formula is C12H21N3O. The van der Waals surface area contributed by atoms with Gasteiger partial charge in [0.25, 0.3) is 0 Å². The molecule has 0 fully saturated rings. The van der Waals surface area contributed by atoms with Crippen LogP contribution < -0.4 is 10.1 Å². The molecule has 0 spiro atoms. The molecule has 90 valence electrons. The lowest BCUT2D eigenvalue weighted by molar-refractivity contribution is 0.305. The van der Waals surface area contributed by atoms with Crippen molar-refractivity contribution in [1.82, 2.24) is 9.97 Å². The van der Waals surface area contributed by atoms with Gasteiger partial charge < -0.3 is 10.1 Å². The summed E-state index contributed by atoms with van der Waals surface area (Å²) < 4.78 is 5.45. The summed E-state index contributed by atoms with van der Waals surface area (Å²) >= 11 is 0. The quantitative estimate of drug-likeness (QED) is 0.805. The Morgan fingerprint density at radius 1 is 1.31 bits per heavy atom. The minimum Gasteiger partial charge on any atom is -0.478 e. The molecule has 0 amide bonds. The molecule has 1 N–H and O–H groups in total. The van der Waals surface area contributed by atoms with Gasteiger partial charge in [0.2, 0.25) is 5.88 Å². The minimum atomic E-state index is 0.383. The third-order valence-electron chi connectivity index (χ3n) is 2.47. The van der Waals surface area contributed by atoms with Gasteiger partial charge in [-0.25, -0.2) is 9.97 Å². The molecular weight excluding hydrogens is 202 g/mol. The van der Waals surface area contributed by atoms with Crippen molar-refractivity contribution in [2.45, 2.75) is 40.2 Å². The van der Waals surface area contributed by atoms with Crippen molar-refractivity contribution in [3.05, 3.63) is 12.4 Å². The van der Waals surface area contributed by atoms with Crippen LogP contribution in [0.4, 0.5) is 5.82 Å². The van der Waals surface area contributed by atoms with Crippen molar-refractivity contribution in [3.63, 3.8) is 0 Å². The number of hydrogen-bond acceptors (Lipinski definition) is 4. The molecule has 0 radical (unpaired) electrons. The van der Waals surface area contributed by atoms with E-state index < -0.39 is 0 Å². The molecule has 4 heteroatoms. The van der Waals surface area contributed by atoms with Gasteiger partial charge in [-0.3, -0.25) is 0 Å². The van der Waals surface area contributed by atoms with E-state index in [4.69, 9.17) is 4.74 Å². The molecule has 16 heavy (non-hydrogen) atoms. The van der Waals surface area contributed by atoms with Gasteiger partial charge in [-0.05, 0) is 19.3 Å². The molecule has 0 aliphatic heterocycles. The average Bonchev–Trinajstić information content (AvgIpc) is 2.26. The standard InChI is InChI=1S/C12H21N3O/c1-5-6-16-12-7-11(13-8-14-12)15-10(4)9(2)3/h7-10H,5-6H2,1-4H3,(H,13,14,15). The fourth-order valence-electron chi connectivity index (χ4n) is 1.10. The molecule has 0 aliphatic rings. The summed E-state index contributed by atoms with van der Waals surface area (Å²) in [7, 11) is 0. The van der Waals surface area contributed by atoms with Crippen LogP contribution >= 0.6 is 0 Å². The molecule has 1 heterocycles. The molecule has 1 unspecified atom stereocenters. The lowest BCUT2D eigenvalue weighted by Gasteiger charge is -2.18. The van der Waals surface area contributed by atoms with Crippen molar-refractivity contribution in [3.8, 4) is 5.88 Å². The second-order valence-corrected chi connectivity index (χ2v) is 4.27. The summed E-state index contributed by atoms with van der Waals surface area (Å²) in [5.74, 6) is 2.02. The van der Waals surface area contributed by atoms with Crippen molar-refractivity contribution in [1.29, 1.82) is 0 Å². The molecule has 0 aliphatic carbocycles. The van der Waals surface area contributed by atoms with E-state index in [1.54, 1.807) is 0 Å². The summed E-state index contributed by atoms with van der Waals surface area (Å²) in [6.07, 6.45) is 2.51. The highest BCUT2D eigenvalue weighted by Gasteiger charge is 2.08. The molecule has 1 aromatic heterocycles. The summed E-state index contributed by atoms with van der Waals surface area (Å²) in [6, 6.07) is 2.23. The van der Waals surface area contributed by atoms with E-state index >= 15 is 0 Å². The molecule has 1 rings (SSSR count). The Balaban J connectivity index is 2.59. The zero-order valence-electron chi connectivity index (χ0n) is 10.5. The minimum absolute atomic E-state index is 0.383. The average molecular weight is 223 g/mol. The van der Waals surface area contributed by atoms with Gasteiger partial charge in [0.1, 0.15) is 12.1 Å². The van der Waals surface area contributed by atoms with Crippen LogP contribution in [0.1, 0.15) is 34.1 Å². The second kappa shape index (κ2) is 6.30. The third kappa shape index (κ3) is 4.04. The van der Waals surface area contributed by atoms with Gasteiger partial charge >= 0.3 is 0 Å². The Labute approximate surface area is 97.5 Å². The van der Waals surface area contributed by atoms with Gasteiger partial charge in [-0.15, -0.1) is 0 Å². The fourth-order valence-corrected chi connectivity index (χ4v) is 1.10. The second-order valence-electron chi connectivity index (χ2n) is 4.27. The van der Waals surface area contributed by atoms with E-state index in [1.807, 2.05) is 6.07 Å². The molecule has 4 nitrogen and oxygen atoms in total. The SMILES string of the molecule is CCCOc1cc(NC(C)C(C)C)ncn1. The number of anilines is 1. The topological polar surface area (TPSA) is 47.0 Å². The first-order valence-corrected chi connectivity index (χ1v) is 5.84. The summed E-state index contributed by atoms with van der Waals surface area (Å²) in [5, 5.41) is 3.33. The van der Waals surface area contributed by atoms with Gasteiger partial charge in [0, 0.05) is 12.1 Å². The Bertz CT molecular complexity index is 315. The molecule has 0 saturated carbocycles. The monoisotopic (exact) mass is 223 g/mol. The van der Waals surface area contributed by atoms with Crippen LogP contribution in [-0.4, -0.2) is 22.6 Å². The Hall–Kier alpha value is -1.32. The first kappa shape index (κ1) is 12.7. The Kier molecular flexibility index (Phi) is 5.02. The number of hydrogen-bond donors (Lipinski definition) is 1. The van der Waals surface area contributed by atoms with Gasteiger partial charge in [-0.1, -0.05) is 20.8 Å². The maximum Gasteiger partial charge on any atom is 0.218 e. The van der Waals surface area contributed by atoms with Crippen molar-refractivity contribution in [2.75, 3.05) is 11.9 Å². The summed E-state index contributed by atoms with van der Waals surface area (Å²) in [4.78, 5) is 8.22. The number of nitrogens with one attached hydrogen (secondary N) is 1. The van der Waals surface area contributed by atoms with E-state index in [0.29, 0.717) is 24.4 Å². The number of nitrogens with zero attached hydrogens (tertiary/aromatic N) is 2. The van der Waals surface area contributed by atoms with Crippen molar-refractivity contribution in [2.24, 2.45) is 5.92 Å². The van der Waals surface area contributed by atoms with Crippen LogP contribution in [0.3, 0.4) is 0 Å². The van der Waals surface area contributed by atoms with Gasteiger partial charge in [-0.2, -0.15) is 0 Å². The fraction of sp³-hybridized carbons (Fsp3) is 0.667. The number of ether oxygens (including phenoxy) is 1. The predicted octanol–water partition coefficient (Wildman–Crippen LogP) is 2.72. The van der Waals surface area contributed by atoms with Crippen molar-refractivity contribution >= 4 is 5.82 Å². The van der Waals surface area contributed by atoms with Gasteiger partial charge in [0.05, 0.1) is 6.61 Å². The van der Waals surface area contributed by atoms with Crippen LogP contribution in [0.25, 0.3) is 0 Å². The zero-order valence-corrected chi connectivity index (χ0v) is 10.5. The molecule has 0 aromatic carbocycles. The van der Waals surface area contributed by atoms with Crippen LogP contribution in [0, 0.1) is 5.92 Å². The van der Waals surface area contributed by atoms with E-state index in [2.05, 4.69) is 43.0 Å². The maximum absolute atomic E-state index is 5.45. The number of rotatable bonds is 6. The highest BCUT2D eigenvalue weighted by Crippen LogP contribution is 2.14. The molecule has 0 bridgehead atoms. The van der Waals surface area contributed by atoms with E-state index in [0.717, 1.165) is 12.2 Å². The lowest BCUT2D eigenvalue weighted by atomic mass is 10.1. The maximum atomic E-state index is 5.45. The smallest absolute Gasteiger partial charge is 0.218 e. The normalized spacial score (nSPS) is 12.6. The Morgan fingerprint density at radius 3 is 2.69 bits per heavy atom. The van der Waals surface area contributed by atoms with Crippen LogP contribution in [0.5, 0.6) is 5.88 Å². The highest BCUT2D eigenvalue weighted by molar-refractivity contribution is 5.38. The highest BCUT2D eigenvalue weighted by atomic mass is 16.5. The van der Waals surface area contributed by atoms with E-state index in [9.17, 15) is 0 Å². The molecule has 1 aromatic rings.